The van der Waals surface area contributed by atoms with E-state index >= 15 is 0 Å². The SMILES string of the molecule is N#CC1CNc2ccc(C(CCN)c3ccccc3)cc21. The van der Waals surface area contributed by atoms with E-state index in [0.717, 1.165) is 17.7 Å². The van der Waals surface area contributed by atoms with Crippen LogP contribution in [0.1, 0.15) is 34.9 Å². The van der Waals surface area contributed by atoms with E-state index in [4.69, 9.17) is 5.73 Å². The molecule has 0 bridgehead atoms. The first-order chi connectivity index (χ1) is 10.3. The summed E-state index contributed by atoms with van der Waals surface area (Å²) >= 11 is 0. The summed E-state index contributed by atoms with van der Waals surface area (Å²) in [5.41, 5.74) is 10.5. The number of anilines is 1. The first-order valence-electron chi connectivity index (χ1n) is 7.36. The smallest absolute Gasteiger partial charge is 0.0905 e. The lowest BCUT2D eigenvalue weighted by atomic mass is 9.86. The summed E-state index contributed by atoms with van der Waals surface area (Å²) in [6, 6.07) is 19.2. The van der Waals surface area contributed by atoms with Gasteiger partial charge in [-0.15, -0.1) is 0 Å². The van der Waals surface area contributed by atoms with Gasteiger partial charge in [-0.05, 0) is 35.7 Å². The Morgan fingerprint density at radius 2 is 2.00 bits per heavy atom. The molecule has 1 aliphatic heterocycles. The van der Waals surface area contributed by atoms with E-state index in [1.54, 1.807) is 0 Å². The Balaban J connectivity index is 2.00. The molecule has 106 valence electrons. The lowest BCUT2D eigenvalue weighted by molar-refractivity contribution is 0.725. The molecule has 2 aromatic rings. The molecule has 1 heterocycles. The average Bonchev–Trinajstić information content (AvgIpc) is 2.95. The highest BCUT2D eigenvalue weighted by atomic mass is 14.9. The highest BCUT2D eigenvalue weighted by Crippen LogP contribution is 2.36. The van der Waals surface area contributed by atoms with Crippen molar-refractivity contribution < 1.29 is 0 Å². The summed E-state index contributed by atoms with van der Waals surface area (Å²) in [5, 5.41) is 12.5. The number of fused-ring (bicyclic) bond motifs is 1. The Morgan fingerprint density at radius 1 is 1.19 bits per heavy atom. The van der Waals surface area contributed by atoms with Crippen LogP contribution in [0.15, 0.2) is 48.5 Å². The summed E-state index contributed by atoms with van der Waals surface area (Å²) in [4.78, 5) is 0. The van der Waals surface area contributed by atoms with Crippen LogP contribution in [-0.2, 0) is 0 Å². The van der Waals surface area contributed by atoms with Gasteiger partial charge in [0.25, 0.3) is 0 Å². The van der Waals surface area contributed by atoms with Crippen LogP contribution in [0.25, 0.3) is 0 Å². The molecule has 3 heteroatoms. The van der Waals surface area contributed by atoms with Crippen LogP contribution in [0.2, 0.25) is 0 Å². The van der Waals surface area contributed by atoms with Crippen molar-refractivity contribution in [1.82, 2.24) is 0 Å². The minimum absolute atomic E-state index is 0.0470. The molecule has 0 saturated heterocycles. The Kier molecular flexibility index (Phi) is 3.89. The summed E-state index contributed by atoms with van der Waals surface area (Å²) in [6.45, 7) is 1.36. The molecule has 21 heavy (non-hydrogen) atoms. The minimum atomic E-state index is -0.0470. The van der Waals surface area contributed by atoms with E-state index in [0.29, 0.717) is 19.0 Å². The summed E-state index contributed by atoms with van der Waals surface area (Å²) in [7, 11) is 0. The molecule has 0 aliphatic carbocycles. The van der Waals surface area contributed by atoms with Gasteiger partial charge in [0.05, 0.1) is 12.0 Å². The number of hydrogen-bond acceptors (Lipinski definition) is 3. The van der Waals surface area contributed by atoms with Crippen molar-refractivity contribution in [3.8, 4) is 6.07 Å². The van der Waals surface area contributed by atoms with Crippen molar-refractivity contribution in [2.24, 2.45) is 5.73 Å². The third-order valence-electron chi connectivity index (χ3n) is 4.16. The topological polar surface area (TPSA) is 61.8 Å². The molecule has 2 unspecified atom stereocenters. The highest BCUT2D eigenvalue weighted by molar-refractivity contribution is 5.61. The van der Waals surface area contributed by atoms with Crippen LogP contribution < -0.4 is 11.1 Å². The highest BCUT2D eigenvalue weighted by Gasteiger charge is 2.23. The number of nitrogens with two attached hydrogens (primary N) is 1. The van der Waals surface area contributed by atoms with Gasteiger partial charge in [-0.1, -0.05) is 42.5 Å². The lowest BCUT2D eigenvalue weighted by Crippen LogP contribution is -2.09. The van der Waals surface area contributed by atoms with Gasteiger partial charge in [-0.3, -0.25) is 0 Å². The van der Waals surface area contributed by atoms with E-state index in [2.05, 4.69) is 53.9 Å². The summed E-state index contributed by atoms with van der Waals surface area (Å²) in [5.74, 6) is 0.246. The molecular weight excluding hydrogens is 258 g/mol. The van der Waals surface area contributed by atoms with Crippen LogP contribution in [-0.4, -0.2) is 13.1 Å². The lowest BCUT2D eigenvalue weighted by Gasteiger charge is -2.18. The van der Waals surface area contributed by atoms with Gasteiger partial charge in [-0.25, -0.2) is 0 Å². The quantitative estimate of drug-likeness (QED) is 0.902. The predicted molar refractivity (Wildman–Crippen MR) is 85.2 cm³/mol. The molecule has 0 spiro atoms. The van der Waals surface area contributed by atoms with Crippen molar-refractivity contribution in [1.29, 1.82) is 5.26 Å². The standard InChI is InChI=1S/C18H19N3/c19-9-8-16(13-4-2-1-3-5-13)14-6-7-18-17(10-14)15(11-20)12-21-18/h1-7,10,15-16,21H,8-9,12,19H2. The largest absolute Gasteiger partial charge is 0.383 e. The Bertz CT molecular complexity index is 658. The second-order valence-electron chi connectivity index (χ2n) is 5.45. The number of nitrogens with zero attached hydrogens (tertiary/aromatic N) is 1. The molecule has 0 aromatic heterocycles. The first-order valence-corrected chi connectivity index (χ1v) is 7.36. The van der Waals surface area contributed by atoms with E-state index in [-0.39, 0.29) is 5.92 Å². The van der Waals surface area contributed by atoms with Gasteiger partial charge in [0.15, 0.2) is 0 Å². The third-order valence-corrected chi connectivity index (χ3v) is 4.16. The second-order valence-corrected chi connectivity index (χ2v) is 5.45. The summed E-state index contributed by atoms with van der Waals surface area (Å²) < 4.78 is 0. The molecule has 0 radical (unpaired) electrons. The summed E-state index contributed by atoms with van der Waals surface area (Å²) in [6.07, 6.45) is 0.910. The predicted octanol–water partition coefficient (Wildman–Crippen LogP) is 3.20. The van der Waals surface area contributed by atoms with Gasteiger partial charge >= 0.3 is 0 Å². The molecule has 2 aromatic carbocycles. The maximum Gasteiger partial charge on any atom is 0.0905 e. The molecule has 3 rings (SSSR count). The van der Waals surface area contributed by atoms with E-state index in [9.17, 15) is 5.26 Å². The second kappa shape index (κ2) is 5.99. The van der Waals surface area contributed by atoms with E-state index in [1.807, 2.05) is 6.07 Å². The zero-order valence-electron chi connectivity index (χ0n) is 11.9. The molecule has 3 N–H and O–H groups in total. The van der Waals surface area contributed by atoms with Crippen LogP contribution in [0.5, 0.6) is 0 Å². The monoisotopic (exact) mass is 277 g/mol. The normalized spacial score (nSPS) is 17.6. The van der Waals surface area contributed by atoms with E-state index < -0.39 is 0 Å². The Hall–Kier alpha value is -2.31. The third kappa shape index (κ3) is 2.63. The Labute approximate surface area is 125 Å². The van der Waals surface area contributed by atoms with E-state index in [1.165, 1.54) is 11.1 Å². The first kappa shape index (κ1) is 13.7. The van der Waals surface area contributed by atoms with Gasteiger partial charge in [0.2, 0.25) is 0 Å². The fourth-order valence-electron chi connectivity index (χ4n) is 3.06. The van der Waals surface area contributed by atoms with Gasteiger partial charge < -0.3 is 11.1 Å². The number of nitrogens with one attached hydrogen (secondary N) is 1. The van der Waals surface area contributed by atoms with Crippen LogP contribution in [0.3, 0.4) is 0 Å². The van der Waals surface area contributed by atoms with Crippen LogP contribution >= 0.6 is 0 Å². The van der Waals surface area contributed by atoms with Crippen molar-refractivity contribution in [2.75, 3.05) is 18.4 Å². The average molecular weight is 277 g/mol. The zero-order chi connectivity index (χ0) is 14.7. The van der Waals surface area contributed by atoms with Gasteiger partial charge in [-0.2, -0.15) is 5.26 Å². The molecule has 3 nitrogen and oxygen atoms in total. The number of nitriles is 1. The maximum atomic E-state index is 9.25. The van der Waals surface area contributed by atoms with Gasteiger partial charge in [0, 0.05) is 18.2 Å². The van der Waals surface area contributed by atoms with Crippen molar-refractivity contribution in [3.05, 3.63) is 65.2 Å². The number of rotatable bonds is 4. The maximum absolute atomic E-state index is 9.25. The van der Waals surface area contributed by atoms with Crippen LogP contribution in [0, 0.1) is 11.3 Å². The molecule has 0 saturated carbocycles. The van der Waals surface area contributed by atoms with Gasteiger partial charge in [0.1, 0.15) is 0 Å². The molecule has 1 aliphatic rings. The molecule has 0 fully saturated rings. The Morgan fingerprint density at radius 3 is 2.71 bits per heavy atom. The number of benzene rings is 2. The fraction of sp³-hybridized carbons (Fsp3) is 0.278. The van der Waals surface area contributed by atoms with Crippen molar-refractivity contribution >= 4 is 5.69 Å². The minimum Gasteiger partial charge on any atom is -0.383 e. The molecular formula is C18H19N3. The zero-order valence-corrected chi connectivity index (χ0v) is 11.9. The van der Waals surface area contributed by atoms with Crippen molar-refractivity contribution in [2.45, 2.75) is 18.3 Å². The van der Waals surface area contributed by atoms with Crippen LogP contribution in [0.4, 0.5) is 5.69 Å². The van der Waals surface area contributed by atoms with Crippen molar-refractivity contribution in [3.63, 3.8) is 0 Å². The number of hydrogen-bond donors (Lipinski definition) is 2. The fourth-order valence-corrected chi connectivity index (χ4v) is 3.06. The molecule has 2 atom stereocenters. The molecule has 0 amide bonds.